The number of hydrogen-bond donors (Lipinski definition) is 1. The Morgan fingerprint density at radius 2 is 2.04 bits per heavy atom. The second-order valence-corrected chi connectivity index (χ2v) is 6.69. The van der Waals surface area contributed by atoms with Crippen LogP contribution in [0.15, 0.2) is 35.2 Å². The van der Waals surface area contributed by atoms with Gasteiger partial charge in [0.2, 0.25) is 0 Å². The number of thiazole rings is 1. The van der Waals surface area contributed by atoms with Crippen LogP contribution in [0.2, 0.25) is 0 Å². The minimum absolute atomic E-state index is 0.460. The van der Waals surface area contributed by atoms with E-state index in [1.165, 1.54) is 0 Å². The van der Waals surface area contributed by atoms with Crippen LogP contribution in [0, 0.1) is 0 Å². The third-order valence-electron chi connectivity index (χ3n) is 4.28. The molecule has 1 aromatic carbocycles. The number of ether oxygens (including phenoxy) is 1. The van der Waals surface area contributed by atoms with Gasteiger partial charge in [-0.3, -0.25) is 4.90 Å². The van der Waals surface area contributed by atoms with E-state index in [0.29, 0.717) is 13.1 Å². The van der Waals surface area contributed by atoms with Crippen molar-refractivity contribution in [1.82, 2.24) is 19.4 Å². The molecular weight excluding hydrogens is 324 g/mol. The van der Waals surface area contributed by atoms with Gasteiger partial charge >= 0.3 is 0 Å². The van der Waals surface area contributed by atoms with Crippen LogP contribution in [0.5, 0.6) is 0 Å². The molecule has 1 unspecified atom stereocenters. The Labute approximate surface area is 144 Å². The molecule has 0 bridgehead atoms. The first-order chi connectivity index (χ1) is 11.8. The third kappa shape index (κ3) is 3.21. The maximum absolute atomic E-state index is 10.6. The number of para-hydroxylation sites is 2. The summed E-state index contributed by atoms with van der Waals surface area (Å²) in [4.78, 5) is 11.4. The van der Waals surface area contributed by atoms with Crippen molar-refractivity contribution in [3.63, 3.8) is 0 Å². The summed E-state index contributed by atoms with van der Waals surface area (Å²) < 4.78 is 7.45. The first-order valence-electron chi connectivity index (χ1n) is 8.13. The molecule has 0 spiro atoms. The summed E-state index contributed by atoms with van der Waals surface area (Å²) in [6.45, 7) is 4.38. The number of morpholine rings is 1. The van der Waals surface area contributed by atoms with Crippen LogP contribution in [0.1, 0.15) is 0 Å². The minimum Gasteiger partial charge on any atom is -0.390 e. The zero-order valence-electron chi connectivity index (χ0n) is 13.3. The lowest BCUT2D eigenvalue weighted by Gasteiger charge is -2.28. The Morgan fingerprint density at radius 1 is 1.21 bits per heavy atom. The molecule has 0 aliphatic carbocycles. The number of β-amino-alcohol motifs (C(OH)–C–C–N with tert-alkyl or cyclic N) is 1. The van der Waals surface area contributed by atoms with Crippen molar-refractivity contribution in [2.45, 2.75) is 12.6 Å². The van der Waals surface area contributed by atoms with Crippen LogP contribution in [-0.4, -0.2) is 63.5 Å². The fourth-order valence-corrected chi connectivity index (χ4v) is 3.66. The van der Waals surface area contributed by atoms with Crippen LogP contribution in [-0.2, 0) is 11.3 Å². The van der Waals surface area contributed by atoms with Gasteiger partial charge in [-0.05, 0) is 12.1 Å². The lowest BCUT2D eigenvalue weighted by Crippen LogP contribution is -2.42. The number of imidazole rings is 1. The molecule has 1 aliphatic rings. The maximum Gasteiger partial charge on any atom is 0.160 e. The van der Waals surface area contributed by atoms with Crippen LogP contribution in [0.25, 0.3) is 22.6 Å². The maximum atomic E-state index is 10.6. The molecule has 0 amide bonds. The van der Waals surface area contributed by atoms with Gasteiger partial charge in [-0.2, -0.15) is 0 Å². The number of nitrogens with zero attached hydrogens (tertiary/aromatic N) is 4. The summed E-state index contributed by atoms with van der Waals surface area (Å²) in [7, 11) is 0. The lowest BCUT2D eigenvalue weighted by atomic mass is 10.2. The number of aromatic nitrogens is 3. The highest BCUT2D eigenvalue weighted by molar-refractivity contribution is 7.07. The standard InChI is InChI=1S/C17H20N4O2S/c22-13(9-20-5-7-23-8-6-20)10-21-16-4-2-1-3-14(16)19-17(21)15-11-24-12-18-15/h1-4,11-13,22H,5-10H2. The molecule has 126 valence electrons. The van der Waals surface area contributed by atoms with Crippen LogP contribution < -0.4 is 0 Å². The Balaban J connectivity index is 1.61. The van der Waals surface area contributed by atoms with Gasteiger partial charge in [0.1, 0.15) is 5.69 Å². The normalized spacial score (nSPS) is 17.4. The van der Waals surface area contributed by atoms with Crippen molar-refractivity contribution < 1.29 is 9.84 Å². The van der Waals surface area contributed by atoms with E-state index in [-0.39, 0.29) is 0 Å². The van der Waals surface area contributed by atoms with E-state index in [4.69, 9.17) is 9.72 Å². The zero-order valence-corrected chi connectivity index (χ0v) is 14.2. The van der Waals surface area contributed by atoms with Crippen molar-refractivity contribution in [2.75, 3.05) is 32.8 Å². The fraction of sp³-hybridized carbons (Fsp3) is 0.412. The van der Waals surface area contributed by atoms with Crippen LogP contribution >= 0.6 is 11.3 Å². The summed E-state index contributed by atoms with van der Waals surface area (Å²) in [6, 6.07) is 8.02. The second kappa shape index (κ2) is 6.98. The van der Waals surface area contributed by atoms with Gasteiger partial charge < -0.3 is 14.4 Å². The highest BCUT2D eigenvalue weighted by Gasteiger charge is 2.19. The van der Waals surface area contributed by atoms with Gasteiger partial charge in [-0.25, -0.2) is 9.97 Å². The Hall–Kier alpha value is -1.80. The number of aliphatic hydroxyl groups excluding tert-OH is 1. The molecule has 1 atom stereocenters. The third-order valence-corrected chi connectivity index (χ3v) is 4.87. The molecule has 6 nitrogen and oxygen atoms in total. The first kappa shape index (κ1) is 15.7. The van der Waals surface area contributed by atoms with E-state index in [1.54, 1.807) is 11.3 Å². The molecule has 4 rings (SSSR count). The van der Waals surface area contributed by atoms with Crippen LogP contribution in [0.4, 0.5) is 0 Å². The second-order valence-electron chi connectivity index (χ2n) is 5.98. The van der Waals surface area contributed by atoms with E-state index in [1.807, 2.05) is 35.2 Å². The van der Waals surface area contributed by atoms with Crippen LogP contribution in [0.3, 0.4) is 0 Å². The number of benzene rings is 1. The molecular formula is C17H20N4O2S. The lowest BCUT2D eigenvalue weighted by molar-refractivity contribution is 0.0118. The summed E-state index contributed by atoms with van der Waals surface area (Å²) in [5, 5.41) is 12.6. The van der Waals surface area contributed by atoms with E-state index in [2.05, 4.69) is 14.5 Å². The topological polar surface area (TPSA) is 63.4 Å². The molecule has 1 aliphatic heterocycles. The molecule has 0 radical (unpaired) electrons. The molecule has 7 heteroatoms. The van der Waals surface area contributed by atoms with Gasteiger partial charge in [-0.1, -0.05) is 12.1 Å². The summed E-state index contributed by atoms with van der Waals surface area (Å²) in [6.07, 6.45) is -0.460. The van der Waals surface area contributed by atoms with Gasteiger partial charge in [0.15, 0.2) is 5.82 Å². The zero-order chi connectivity index (χ0) is 16.4. The predicted molar refractivity (Wildman–Crippen MR) is 94.1 cm³/mol. The highest BCUT2D eigenvalue weighted by Crippen LogP contribution is 2.25. The fourth-order valence-electron chi connectivity index (χ4n) is 3.13. The number of aliphatic hydroxyl groups is 1. The van der Waals surface area contributed by atoms with Gasteiger partial charge in [0.05, 0.1) is 42.4 Å². The smallest absolute Gasteiger partial charge is 0.160 e. The van der Waals surface area contributed by atoms with Crippen molar-refractivity contribution in [3.05, 3.63) is 35.2 Å². The number of rotatable bonds is 5. The Bertz CT molecular complexity index is 796. The van der Waals surface area contributed by atoms with Gasteiger partial charge in [-0.15, -0.1) is 11.3 Å². The Morgan fingerprint density at radius 3 is 2.83 bits per heavy atom. The number of fused-ring (bicyclic) bond motifs is 1. The minimum atomic E-state index is -0.460. The van der Waals surface area contributed by atoms with Crippen molar-refractivity contribution in [3.8, 4) is 11.5 Å². The summed E-state index contributed by atoms with van der Waals surface area (Å²) in [5.41, 5.74) is 4.62. The molecule has 1 N–H and O–H groups in total. The average molecular weight is 344 g/mol. The molecule has 3 heterocycles. The van der Waals surface area contributed by atoms with E-state index in [0.717, 1.165) is 48.9 Å². The monoisotopic (exact) mass is 344 g/mol. The highest BCUT2D eigenvalue weighted by atomic mass is 32.1. The van der Waals surface area contributed by atoms with Crippen molar-refractivity contribution in [2.24, 2.45) is 0 Å². The van der Waals surface area contributed by atoms with E-state index >= 15 is 0 Å². The average Bonchev–Trinajstić information content (AvgIpc) is 3.24. The number of hydrogen-bond acceptors (Lipinski definition) is 6. The van der Waals surface area contributed by atoms with Crippen molar-refractivity contribution >= 4 is 22.4 Å². The largest absolute Gasteiger partial charge is 0.390 e. The molecule has 3 aromatic rings. The molecule has 24 heavy (non-hydrogen) atoms. The first-order valence-corrected chi connectivity index (χ1v) is 9.07. The van der Waals surface area contributed by atoms with E-state index in [9.17, 15) is 5.11 Å². The SMILES string of the molecule is OC(CN1CCOCC1)Cn1c(-c2cscn2)nc2ccccc21. The summed E-state index contributed by atoms with van der Waals surface area (Å²) in [5.74, 6) is 0.818. The van der Waals surface area contributed by atoms with Gasteiger partial charge in [0.25, 0.3) is 0 Å². The van der Waals surface area contributed by atoms with E-state index < -0.39 is 6.10 Å². The molecule has 1 fully saturated rings. The predicted octanol–water partition coefficient (Wildman–Crippen LogP) is 1.85. The molecule has 0 saturated carbocycles. The summed E-state index contributed by atoms with van der Waals surface area (Å²) >= 11 is 1.55. The molecule has 1 saturated heterocycles. The Kier molecular flexibility index (Phi) is 4.57. The molecule has 2 aromatic heterocycles. The quantitative estimate of drug-likeness (QED) is 0.765. The van der Waals surface area contributed by atoms with Gasteiger partial charge in [0, 0.05) is 25.0 Å². The van der Waals surface area contributed by atoms with Crippen molar-refractivity contribution in [1.29, 1.82) is 0 Å².